The van der Waals surface area contributed by atoms with Crippen LogP contribution in [0.2, 0.25) is 0 Å². The lowest BCUT2D eigenvalue weighted by Crippen LogP contribution is -2.15. The molecule has 28 heavy (non-hydrogen) atoms. The van der Waals surface area contributed by atoms with Gasteiger partial charge in [-0.3, -0.25) is 14.9 Å². The summed E-state index contributed by atoms with van der Waals surface area (Å²) >= 11 is 1.19. The van der Waals surface area contributed by atoms with Crippen molar-refractivity contribution < 1.29 is 14.5 Å². The van der Waals surface area contributed by atoms with E-state index in [0.717, 1.165) is 11.3 Å². The van der Waals surface area contributed by atoms with Gasteiger partial charge in [0.2, 0.25) is 5.91 Å². The molecule has 0 fully saturated rings. The summed E-state index contributed by atoms with van der Waals surface area (Å²) in [5.41, 5.74) is 0.878. The number of carbonyl (C=O) groups excluding carboxylic acids is 1. The van der Waals surface area contributed by atoms with Gasteiger partial charge in [0.15, 0.2) is 11.0 Å². The van der Waals surface area contributed by atoms with Crippen molar-refractivity contribution in [1.29, 1.82) is 0 Å². The third-order valence-corrected chi connectivity index (χ3v) is 4.91. The number of ether oxygens (including phenoxy) is 1. The Balaban J connectivity index is 1.66. The Morgan fingerprint density at radius 3 is 2.61 bits per heavy atom. The van der Waals surface area contributed by atoms with Gasteiger partial charge < -0.3 is 14.6 Å². The summed E-state index contributed by atoms with van der Waals surface area (Å²) in [5, 5.41) is 22.4. The van der Waals surface area contributed by atoms with E-state index in [4.69, 9.17) is 4.74 Å². The van der Waals surface area contributed by atoms with Crippen LogP contribution in [0.4, 0.5) is 11.4 Å². The molecule has 0 spiro atoms. The molecule has 0 unspecified atom stereocenters. The van der Waals surface area contributed by atoms with Gasteiger partial charge in [0, 0.05) is 18.7 Å². The summed E-state index contributed by atoms with van der Waals surface area (Å²) in [6, 6.07) is 13.4. The summed E-state index contributed by atoms with van der Waals surface area (Å²) in [4.78, 5) is 22.7. The zero-order chi connectivity index (χ0) is 20.1. The molecule has 0 aliphatic carbocycles. The second kappa shape index (κ2) is 8.53. The van der Waals surface area contributed by atoms with E-state index in [1.807, 2.05) is 31.3 Å². The van der Waals surface area contributed by atoms with Crippen molar-refractivity contribution in [2.45, 2.75) is 5.16 Å². The summed E-state index contributed by atoms with van der Waals surface area (Å²) in [5.74, 6) is 1.07. The SMILES string of the molecule is COc1ccc(-c2nnc(SCC(=O)Nc3ccccc3[N+](=O)[O-])n2C)cc1. The largest absolute Gasteiger partial charge is 0.497 e. The van der Waals surface area contributed by atoms with Crippen molar-refractivity contribution in [3.8, 4) is 17.1 Å². The number of hydrogen-bond donors (Lipinski definition) is 1. The summed E-state index contributed by atoms with van der Waals surface area (Å²) in [6.07, 6.45) is 0. The molecule has 0 bridgehead atoms. The third kappa shape index (κ3) is 4.29. The molecule has 1 aromatic heterocycles. The molecular formula is C18H17N5O4S. The van der Waals surface area contributed by atoms with Crippen LogP contribution in [0.5, 0.6) is 5.75 Å². The number of amides is 1. The number of carbonyl (C=O) groups is 1. The second-order valence-electron chi connectivity index (χ2n) is 5.70. The maximum atomic E-state index is 12.2. The van der Waals surface area contributed by atoms with E-state index >= 15 is 0 Å². The molecule has 1 heterocycles. The molecule has 1 N–H and O–H groups in total. The first-order chi connectivity index (χ1) is 13.5. The summed E-state index contributed by atoms with van der Waals surface area (Å²) in [7, 11) is 3.41. The van der Waals surface area contributed by atoms with Gasteiger partial charge >= 0.3 is 0 Å². The van der Waals surface area contributed by atoms with Crippen molar-refractivity contribution >= 4 is 29.0 Å². The molecule has 9 nitrogen and oxygen atoms in total. The Bertz CT molecular complexity index is 1000. The zero-order valence-electron chi connectivity index (χ0n) is 15.2. The Labute approximate surface area is 164 Å². The third-order valence-electron chi connectivity index (χ3n) is 3.89. The highest BCUT2D eigenvalue weighted by molar-refractivity contribution is 7.99. The lowest BCUT2D eigenvalue weighted by molar-refractivity contribution is -0.383. The highest BCUT2D eigenvalue weighted by Gasteiger charge is 2.16. The van der Waals surface area contributed by atoms with Crippen LogP contribution in [0.25, 0.3) is 11.4 Å². The number of nitro benzene ring substituents is 1. The van der Waals surface area contributed by atoms with E-state index in [2.05, 4.69) is 15.5 Å². The number of hydrogen-bond acceptors (Lipinski definition) is 7. The highest BCUT2D eigenvalue weighted by atomic mass is 32.2. The fourth-order valence-electron chi connectivity index (χ4n) is 2.49. The number of para-hydroxylation sites is 2. The number of methoxy groups -OCH3 is 1. The molecule has 3 aromatic rings. The number of rotatable bonds is 7. The maximum Gasteiger partial charge on any atom is 0.292 e. The van der Waals surface area contributed by atoms with Crippen molar-refractivity contribution in [3.63, 3.8) is 0 Å². The fraction of sp³-hybridized carbons (Fsp3) is 0.167. The Morgan fingerprint density at radius 2 is 1.93 bits per heavy atom. The lowest BCUT2D eigenvalue weighted by Gasteiger charge is -2.06. The van der Waals surface area contributed by atoms with Crippen LogP contribution in [-0.4, -0.2) is 38.5 Å². The van der Waals surface area contributed by atoms with Crippen LogP contribution in [-0.2, 0) is 11.8 Å². The number of aromatic nitrogens is 3. The quantitative estimate of drug-likeness (QED) is 0.369. The Kier molecular flexibility index (Phi) is 5.90. The number of nitrogens with zero attached hydrogens (tertiary/aromatic N) is 4. The van der Waals surface area contributed by atoms with Gasteiger partial charge in [-0.2, -0.15) is 0 Å². The van der Waals surface area contributed by atoms with Gasteiger partial charge in [0.1, 0.15) is 11.4 Å². The van der Waals surface area contributed by atoms with Crippen LogP contribution < -0.4 is 10.1 Å². The molecule has 3 rings (SSSR count). The van der Waals surface area contributed by atoms with Gasteiger partial charge in [-0.05, 0) is 30.3 Å². The predicted octanol–water partition coefficient (Wildman–Crippen LogP) is 3.13. The van der Waals surface area contributed by atoms with E-state index < -0.39 is 4.92 Å². The minimum absolute atomic E-state index is 0.0423. The Hall–Kier alpha value is -3.40. The van der Waals surface area contributed by atoms with Crippen LogP contribution in [0.15, 0.2) is 53.7 Å². The molecule has 144 valence electrons. The van der Waals surface area contributed by atoms with Crippen LogP contribution in [0, 0.1) is 10.1 Å². The fourth-order valence-corrected chi connectivity index (χ4v) is 3.20. The average Bonchev–Trinajstić information content (AvgIpc) is 3.07. The standard InChI is InChI=1S/C18H17N5O4S/c1-22-17(12-7-9-13(27-2)10-8-12)20-21-18(22)28-11-16(24)19-14-5-3-4-6-15(14)23(25)26/h3-10H,11H2,1-2H3,(H,19,24). The van der Waals surface area contributed by atoms with Gasteiger partial charge in [-0.1, -0.05) is 23.9 Å². The lowest BCUT2D eigenvalue weighted by atomic mass is 10.2. The minimum atomic E-state index is -0.535. The Morgan fingerprint density at radius 1 is 1.21 bits per heavy atom. The van der Waals surface area contributed by atoms with Crippen molar-refractivity contribution in [2.24, 2.45) is 7.05 Å². The van der Waals surface area contributed by atoms with Gasteiger partial charge in [-0.15, -0.1) is 10.2 Å². The molecule has 2 aromatic carbocycles. The van der Waals surface area contributed by atoms with Crippen molar-refractivity contribution in [3.05, 3.63) is 58.6 Å². The van der Waals surface area contributed by atoms with E-state index in [1.165, 1.54) is 23.9 Å². The molecule has 0 atom stereocenters. The van der Waals surface area contributed by atoms with Gasteiger partial charge in [0.05, 0.1) is 17.8 Å². The number of thioether (sulfide) groups is 1. The zero-order valence-corrected chi connectivity index (χ0v) is 16.0. The first-order valence-electron chi connectivity index (χ1n) is 8.19. The first kappa shape index (κ1) is 19.4. The van der Waals surface area contributed by atoms with Gasteiger partial charge in [-0.25, -0.2) is 0 Å². The number of benzene rings is 2. The average molecular weight is 399 g/mol. The molecule has 0 saturated heterocycles. The second-order valence-corrected chi connectivity index (χ2v) is 6.65. The minimum Gasteiger partial charge on any atom is -0.497 e. The molecule has 0 radical (unpaired) electrons. The molecule has 1 amide bonds. The number of anilines is 1. The monoisotopic (exact) mass is 399 g/mol. The first-order valence-corrected chi connectivity index (χ1v) is 9.18. The van der Waals surface area contributed by atoms with Crippen molar-refractivity contribution in [1.82, 2.24) is 14.8 Å². The van der Waals surface area contributed by atoms with E-state index in [9.17, 15) is 14.9 Å². The summed E-state index contributed by atoms with van der Waals surface area (Å²) < 4.78 is 6.93. The highest BCUT2D eigenvalue weighted by Crippen LogP contribution is 2.26. The molecule has 0 aliphatic heterocycles. The van der Waals surface area contributed by atoms with Crippen molar-refractivity contribution in [2.75, 3.05) is 18.2 Å². The van der Waals surface area contributed by atoms with Crippen LogP contribution >= 0.6 is 11.8 Å². The van der Waals surface area contributed by atoms with E-state index in [-0.39, 0.29) is 23.0 Å². The smallest absolute Gasteiger partial charge is 0.292 e. The van der Waals surface area contributed by atoms with E-state index in [0.29, 0.717) is 11.0 Å². The summed E-state index contributed by atoms with van der Waals surface area (Å²) in [6.45, 7) is 0. The number of nitro groups is 1. The van der Waals surface area contributed by atoms with Crippen LogP contribution in [0.1, 0.15) is 0 Å². The van der Waals surface area contributed by atoms with Crippen LogP contribution in [0.3, 0.4) is 0 Å². The molecule has 0 saturated carbocycles. The number of nitrogens with one attached hydrogen (secondary N) is 1. The molecule has 0 aliphatic rings. The molecular weight excluding hydrogens is 382 g/mol. The maximum absolute atomic E-state index is 12.2. The predicted molar refractivity (Wildman–Crippen MR) is 105 cm³/mol. The van der Waals surface area contributed by atoms with E-state index in [1.54, 1.807) is 23.8 Å². The van der Waals surface area contributed by atoms with Gasteiger partial charge in [0.25, 0.3) is 5.69 Å². The normalized spacial score (nSPS) is 10.5. The molecule has 10 heteroatoms. The topological polar surface area (TPSA) is 112 Å².